The molecule has 3 aromatic rings. The summed E-state index contributed by atoms with van der Waals surface area (Å²) in [5.74, 6) is 0.128. The van der Waals surface area contributed by atoms with Crippen LogP contribution in [-0.4, -0.2) is 43.2 Å². The van der Waals surface area contributed by atoms with Crippen LogP contribution in [0.1, 0.15) is 23.5 Å². The molecule has 1 aliphatic heterocycles. The SMILES string of the molecule is CN(Cc1cnccn1)Cc1cc2n(n1)CCCN(c1ncccc1F)C2. The summed E-state index contributed by atoms with van der Waals surface area (Å²) in [6.45, 7) is 3.62. The lowest BCUT2D eigenvalue weighted by molar-refractivity contribution is 0.309. The predicted molar refractivity (Wildman–Crippen MR) is 99.3 cm³/mol. The van der Waals surface area contributed by atoms with Gasteiger partial charge in [-0.2, -0.15) is 5.10 Å². The van der Waals surface area contributed by atoms with Crippen molar-refractivity contribution < 1.29 is 4.39 Å². The average Bonchev–Trinajstić information content (AvgIpc) is 2.92. The summed E-state index contributed by atoms with van der Waals surface area (Å²) in [4.78, 5) is 16.8. The largest absolute Gasteiger partial charge is 0.348 e. The van der Waals surface area contributed by atoms with E-state index in [0.717, 1.165) is 36.6 Å². The molecule has 0 N–H and O–H groups in total. The molecule has 0 fully saturated rings. The van der Waals surface area contributed by atoms with Gasteiger partial charge in [-0.25, -0.2) is 9.37 Å². The van der Waals surface area contributed by atoms with Crippen molar-refractivity contribution in [2.45, 2.75) is 32.6 Å². The van der Waals surface area contributed by atoms with Crippen molar-refractivity contribution in [3.8, 4) is 0 Å². The summed E-state index contributed by atoms with van der Waals surface area (Å²) < 4.78 is 16.2. The zero-order valence-electron chi connectivity index (χ0n) is 15.3. The van der Waals surface area contributed by atoms with Crippen LogP contribution in [-0.2, 0) is 26.2 Å². The Bertz CT molecular complexity index is 896. The number of aryl methyl sites for hydroxylation is 1. The fraction of sp³-hybridized carbons (Fsp3) is 0.368. The number of anilines is 1. The number of hydrogen-bond acceptors (Lipinski definition) is 6. The number of nitrogens with zero attached hydrogens (tertiary/aromatic N) is 7. The first-order chi connectivity index (χ1) is 13.2. The second-order valence-electron chi connectivity index (χ2n) is 6.80. The van der Waals surface area contributed by atoms with E-state index in [2.05, 4.69) is 25.9 Å². The molecule has 0 saturated carbocycles. The van der Waals surface area contributed by atoms with Crippen molar-refractivity contribution in [1.29, 1.82) is 0 Å². The second kappa shape index (κ2) is 7.79. The van der Waals surface area contributed by atoms with E-state index >= 15 is 0 Å². The standard InChI is InChI=1S/C19H22FN7/c1-25(13-16-11-21-6-7-22-16)12-15-10-17-14-26(8-3-9-27(17)24-15)19-18(20)4-2-5-23-19/h2,4-7,10-11H,3,8-9,12-14H2,1H3. The maximum absolute atomic E-state index is 14.1. The highest BCUT2D eigenvalue weighted by Gasteiger charge is 2.20. The normalized spacial score (nSPS) is 14.3. The third-order valence-corrected chi connectivity index (χ3v) is 4.58. The summed E-state index contributed by atoms with van der Waals surface area (Å²) in [6, 6.07) is 5.18. The van der Waals surface area contributed by atoms with Crippen LogP contribution in [0.25, 0.3) is 0 Å². The molecule has 0 saturated heterocycles. The van der Waals surface area contributed by atoms with Crippen LogP contribution in [0.2, 0.25) is 0 Å². The Morgan fingerprint density at radius 1 is 1.11 bits per heavy atom. The third-order valence-electron chi connectivity index (χ3n) is 4.58. The van der Waals surface area contributed by atoms with Crippen molar-refractivity contribution >= 4 is 5.82 Å². The molecular weight excluding hydrogens is 345 g/mol. The Morgan fingerprint density at radius 3 is 2.81 bits per heavy atom. The second-order valence-corrected chi connectivity index (χ2v) is 6.80. The van der Waals surface area contributed by atoms with Gasteiger partial charge in [0.05, 0.1) is 23.6 Å². The number of aromatic nitrogens is 5. The van der Waals surface area contributed by atoms with E-state index in [1.165, 1.54) is 6.07 Å². The van der Waals surface area contributed by atoms with Crippen LogP contribution >= 0.6 is 0 Å². The first-order valence-electron chi connectivity index (χ1n) is 9.03. The van der Waals surface area contributed by atoms with E-state index in [0.29, 0.717) is 25.5 Å². The van der Waals surface area contributed by atoms with Crippen LogP contribution in [0.4, 0.5) is 10.2 Å². The van der Waals surface area contributed by atoms with Gasteiger partial charge in [0.25, 0.3) is 0 Å². The Hall–Kier alpha value is -2.87. The van der Waals surface area contributed by atoms with Gasteiger partial charge in [-0.1, -0.05) is 0 Å². The molecule has 1 aliphatic rings. The zero-order chi connectivity index (χ0) is 18.6. The summed E-state index contributed by atoms with van der Waals surface area (Å²) >= 11 is 0. The molecule has 4 rings (SSSR count). The van der Waals surface area contributed by atoms with Crippen molar-refractivity contribution in [3.05, 3.63) is 65.9 Å². The maximum atomic E-state index is 14.1. The number of fused-ring (bicyclic) bond motifs is 1. The van der Waals surface area contributed by atoms with E-state index in [-0.39, 0.29) is 5.82 Å². The molecule has 7 nitrogen and oxygen atoms in total. The quantitative estimate of drug-likeness (QED) is 0.689. The smallest absolute Gasteiger partial charge is 0.165 e. The highest BCUT2D eigenvalue weighted by molar-refractivity contribution is 5.40. The van der Waals surface area contributed by atoms with Gasteiger partial charge in [0.1, 0.15) is 0 Å². The van der Waals surface area contributed by atoms with E-state index in [1.54, 1.807) is 30.9 Å². The maximum Gasteiger partial charge on any atom is 0.165 e. The first kappa shape index (κ1) is 17.5. The Labute approximate surface area is 157 Å². The van der Waals surface area contributed by atoms with Crippen molar-refractivity contribution in [1.82, 2.24) is 29.6 Å². The monoisotopic (exact) mass is 367 g/mol. The summed E-state index contributed by atoms with van der Waals surface area (Å²) in [5, 5.41) is 4.74. The first-order valence-corrected chi connectivity index (χ1v) is 9.03. The van der Waals surface area contributed by atoms with Gasteiger partial charge in [-0.3, -0.25) is 19.5 Å². The van der Waals surface area contributed by atoms with Gasteiger partial charge in [0.15, 0.2) is 11.6 Å². The van der Waals surface area contributed by atoms with Gasteiger partial charge in [0, 0.05) is 51.0 Å². The molecule has 4 heterocycles. The van der Waals surface area contributed by atoms with Gasteiger partial charge < -0.3 is 4.90 Å². The summed E-state index contributed by atoms with van der Waals surface area (Å²) in [6.07, 6.45) is 7.69. The molecule has 0 unspecified atom stereocenters. The van der Waals surface area contributed by atoms with Crippen LogP contribution in [0.5, 0.6) is 0 Å². The van der Waals surface area contributed by atoms with Gasteiger partial charge in [-0.15, -0.1) is 0 Å². The average molecular weight is 367 g/mol. The molecule has 140 valence electrons. The van der Waals surface area contributed by atoms with E-state index < -0.39 is 0 Å². The van der Waals surface area contributed by atoms with E-state index in [4.69, 9.17) is 5.10 Å². The Kier molecular flexibility index (Phi) is 5.06. The number of halogens is 1. The van der Waals surface area contributed by atoms with Crippen LogP contribution in [0.15, 0.2) is 43.0 Å². The lowest BCUT2D eigenvalue weighted by Crippen LogP contribution is -2.24. The molecule has 0 amide bonds. The Morgan fingerprint density at radius 2 is 2.00 bits per heavy atom. The fourth-order valence-electron chi connectivity index (χ4n) is 3.41. The highest BCUT2D eigenvalue weighted by Crippen LogP contribution is 2.22. The summed E-state index contributed by atoms with van der Waals surface area (Å²) in [7, 11) is 2.04. The number of hydrogen-bond donors (Lipinski definition) is 0. The molecule has 0 atom stereocenters. The molecule has 3 aromatic heterocycles. The lowest BCUT2D eigenvalue weighted by Gasteiger charge is -2.21. The minimum atomic E-state index is -0.283. The lowest BCUT2D eigenvalue weighted by atomic mass is 10.3. The van der Waals surface area contributed by atoms with Gasteiger partial charge >= 0.3 is 0 Å². The molecular formula is C19H22FN7. The molecule has 0 spiro atoms. The van der Waals surface area contributed by atoms with Crippen LogP contribution in [0.3, 0.4) is 0 Å². The van der Waals surface area contributed by atoms with Crippen molar-refractivity contribution in [3.63, 3.8) is 0 Å². The zero-order valence-corrected chi connectivity index (χ0v) is 15.3. The number of rotatable bonds is 5. The summed E-state index contributed by atoms with van der Waals surface area (Å²) in [5.41, 5.74) is 3.01. The van der Waals surface area contributed by atoms with E-state index in [1.807, 2.05) is 16.6 Å². The topological polar surface area (TPSA) is 63.0 Å². The third kappa shape index (κ3) is 4.11. The van der Waals surface area contributed by atoms with Crippen molar-refractivity contribution in [2.24, 2.45) is 0 Å². The van der Waals surface area contributed by atoms with Crippen molar-refractivity contribution in [2.75, 3.05) is 18.5 Å². The molecule has 27 heavy (non-hydrogen) atoms. The van der Waals surface area contributed by atoms with Crippen LogP contribution in [0, 0.1) is 5.82 Å². The van der Waals surface area contributed by atoms with E-state index in [9.17, 15) is 4.39 Å². The molecule has 0 aliphatic carbocycles. The highest BCUT2D eigenvalue weighted by atomic mass is 19.1. The van der Waals surface area contributed by atoms with Crippen LogP contribution < -0.4 is 4.90 Å². The number of pyridine rings is 1. The fourth-order valence-corrected chi connectivity index (χ4v) is 3.41. The molecule has 0 bridgehead atoms. The molecule has 8 heteroatoms. The minimum absolute atomic E-state index is 0.283. The molecule has 0 radical (unpaired) electrons. The predicted octanol–water partition coefficient (Wildman–Crippen LogP) is 2.25. The van der Waals surface area contributed by atoms with Gasteiger partial charge in [-0.05, 0) is 31.7 Å². The minimum Gasteiger partial charge on any atom is -0.348 e. The van der Waals surface area contributed by atoms with Gasteiger partial charge in [0.2, 0.25) is 0 Å². The Balaban J connectivity index is 1.46. The molecule has 0 aromatic carbocycles.